The molecule has 1 aliphatic rings. The average molecular weight is 329 g/mol. The Kier molecular flexibility index (Phi) is 5.15. The Morgan fingerprint density at radius 1 is 1.09 bits per heavy atom. The van der Waals surface area contributed by atoms with Crippen LogP contribution >= 0.6 is 0 Å². The van der Waals surface area contributed by atoms with Gasteiger partial charge in [-0.1, -0.05) is 0 Å². The maximum Gasteiger partial charge on any atom is 0.281 e. The monoisotopic (exact) mass is 329 g/mol. The van der Waals surface area contributed by atoms with Gasteiger partial charge in [0.25, 0.3) is 16.1 Å². The van der Waals surface area contributed by atoms with Crippen LogP contribution in [0.2, 0.25) is 0 Å². The van der Waals surface area contributed by atoms with E-state index >= 15 is 0 Å². The lowest BCUT2D eigenvalue weighted by Crippen LogP contribution is -2.42. The number of hydrogen-bond acceptors (Lipinski definition) is 3. The first-order valence-corrected chi connectivity index (χ1v) is 8.44. The normalized spacial score (nSPS) is 17.5. The summed E-state index contributed by atoms with van der Waals surface area (Å²) in [5.41, 5.74) is 0.408. The third-order valence-electron chi connectivity index (χ3n) is 3.62. The summed E-state index contributed by atoms with van der Waals surface area (Å²) in [6, 6.07) is 5.37. The van der Waals surface area contributed by atoms with Gasteiger partial charge >= 0.3 is 0 Å². The second kappa shape index (κ2) is 6.72. The summed E-state index contributed by atoms with van der Waals surface area (Å²) in [5, 5.41) is 0. The van der Waals surface area contributed by atoms with Gasteiger partial charge in [-0.05, 0) is 30.7 Å². The molecule has 1 fully saturated rings. The van der Waals surface area contributed by atoms with Crippen molar-refractivity contribution in [1.29, 1.82) is 0 Å². The zero-order valence-corrected chi connectivity index (χ0v) is 13.5. The van der Waals surface area contributed by atoms with Crippen LogP contribution in [-0.4, -0.2) is 68.1 Å². The molecule has 1 aliphatic heterocycles. The van der Waals surface area contributed by atoms with Gasteiger partial charge in [0.15, 0.2) is 0 Å². The maximum atomic E-state index is 12.9. The molecule has 1 heterocycles. The van der Waals surface area contributed by atoms with Crippen LogP contribution in [0.15, 0.2) is 24.3 Å². The predicted octanol–water partition coefficient (Wildman–Crippen LogP) is 0.780. The molecule has 1 saturated heterocycles. The number of amides is 1. The SMILES string of the molecule is CN(C)S(=O)(=O)N1CCCN(C(=O)c2ccc(F)cc2)CC1. The molecule has 0 bridgehead atoms. The second-order valence-corrected chi connectivity index (χ2v) is 7.48. The lowest BCUT2D eigenvalue weighted by atomic mass is 10.2. The van der Waals surface area contributed by atoms with E-state index in [4.69, 9.17) is 0 Å². The van der Waals surface area contributed by atoms with Crippen molar-refractivity contribution in [3.05, 3.63) is 35.6 Å². The van der Waals surface area contributed by atoms with Gasteiger partial charge < -0.3 is 4.90 Å². The zero-order valence-electron chi connectivity index (χ0n) is 12.7. The van der Waals surface area contributed by atoms with E-state index in [2.05, 4.69) is 0 Å². The Bertz CT molecular complexity index is 631. The number of halogens is 1. The molecule has 8 heteroatoms. The van der Waals surface area contributed by atoms with Crippen molar-refractivity contribution in [2.24, 2.45) is 0 Å². The molecule has 1 aromatic carbocycles. The fraction of sp³-hybridized carbons (Fsp3) is 0.500. The minimum Gasteiger partial charge on any atom is -0.337 e. The zero-order chi connectivity index (χ0) is 16.3. The van der Waals surface area contributed by atoms with Gasteiger partial charge in [0.1, 0.15) is 5.82 Å². The largest absolute Gasteiger partial charge is 0.337 e. The molecule has 1 aromatic rings. The van der Waals surface area contributed by atoms with Gasteiger partial charge in [0.05, 0.1) is 0 Å². The Morgan fingerprint density at radius 2 is 1.73 bits per heavy atom. The van der Waals surface area contributed by atoms with Gasteiger partial charge in [0.2, 0.25) is 0 Å². The molecule has 122 valence electrons. The molecule has 0 radical (unpaired) electrons. The van der Waals surface area contributed by atoms with Crippen molar-refractivity contribution in [2.45, 2.75) is 6.42 Å². The molecule has 0 N–H and O–H groups in total. The Labute approximate surface area is 130 Å². The minimum absolute atomic E-state index is 0.205. The standard InChI is InChI=1S/C14H20FN3O3S/c1-16(2)22(20,21)18-9-3-8-17(10-11-18)14(19)12-4-6-13(15)7-5-12/h4-7H,3,8-11H2,1-2H3. The van der Waals surface area contributed by atoms with Crippen LogP contribution in [0, 0.1) is 5.82 Å². The summed E-state index contributed by atoms with van der Waals surface area (Å²) in [7, 11) is -0.488. The molecule has 22 heavy (non-hydrogen) atoms. The number of carbonyl (C=O) groups excluding carboxylic acids is 1. The number of rotatable bonds is 3. The quantitative estimate of drug-likeness (QED) is 0.823. The number of carbonyl (C=O) groups is 1. The highest BCUT2D eigenvalue weighted by Crippen LogP contribution is 2.13. The van der Waals surface area contributed by atoms with Crippen LogP contribution in [0.1, 0.15) is 16.8 Å². The Morgan fingerprint density at radius 3 is 2.32 bits per heavy atom. The molecular weight excluding hydrogens is 309 g/mol. The summed E-state index contributed by atoms with van der Waals surface area (Å²) >= 11 is 0. The van der Waals surface area contributed by atoms with Crippen molar-refractivity contribution in [3.63, 3.8) is 0 Å². The van der Waals surface area contributed by atoms with Crippen LogP contribution in [0.25, 0.3) is 0 Å². The van der Waals surface area contributed by atoms with Crippen molar-refractivity contribution >= 4 is 16.1 Å². The third-order valence-corrected chi connectivity index (χ3v) is 5.56. The average Bonchev–Trinajstić information content (AvgIpc) is 2.73. The molecule has 2 rings (SSSR count). The molecule has 0 aromatic heterocycles. The highest BCUT2D eigenvalue weighted by Gasteiger charge is 2.28. The Balaban J connectivity index is 2.07. The van der Waals surface area contributed by atoms with Crippen LogP contribution < -0.4 is 0 Å². The molecule has 0 aliphatic carbocycles. The summed E-state index contributed by atoms with van der Waals surface area (Å²) in [6.45, 7) is 1.44. The smallest absolute Gasteiger partial charge is 0.281 e. The van der Waals surface area contributed by atoms with Crippen LogP contribution in [-0.2, 0) is 10.2 Å². The summed E-state index contributed by atoms with van der Waals surface area (Å²) in [5.74, 6) is -0.597. The molecule has 0 unspecified atom stereocenters. The summed E-state index contributed by atoms with van der Waals surface area (Å²) < 4.78 is 39.7. The molecule has 0 atom stereocenters. The van der Waals surface area contributed by atoms with E-state index < -0.39 is 16.0 Å². The van der Waals surface area contributed by atoms with Gasteiger partial charge in [-0.2, -0.15) is 17.0 Å². The molecule has 0 saturated carbocycles. The summed E-state index contributed by atoms with van der Waals surface area (Å²) in [4.78, 5) is 14.0. The van der Waals surface area contributed by atoms with E-state index in [1.807, 2.05) is 0 Å². The first kappa shape index (κ1) is 16.9. The van der Waals surface area contributed by atoms with Crippen molar-refractivity contribution in [2.75, 3.05) is 40.3 Å². The number of benzene rings is 1. The lowest BCUT2D eigenvalue weighted by molar-refractivity contribution is 0.0764. The second-order valence-electron chi connectivity index (χ2n) is 5.34. The first-order chi connectivity index (χ1) is 10.3. The van der Waals surface area contributed by atoms with Crippen LogP contribution in [0.3, 0.4) is 0 Å². The number of nitrogens with zero attached hydrogens (tertiary/aromatic N) is 3. The van der Waals surface area contributed by atoms with Crippen molar-refractivity contribution in [3.8, 4) is 0 Å². The van der Waals surface area contributed by atoms with Crippen LogP contribution in [0.4, 0.5) is 4.39 Å². The van der Waals surface area contributed by atoms with E-state index in [0.717, 1.165) is 0 Å². The minimum atomic E-state index is -3.46. The van der Waals surface area contributed by atoms with Crippen molar-refractivity contribution in [1.82, 2.24) is 13.5 Å². The third kappa shape index (κ3) is 3.63. The van der Waals surface area contributed by atoms with E-state index in [1.54, 1.807) is 4.90 Å². The molecular formula is C14H20FN3O3S. The van der Waals surface area contributed by atoms with E-state index in [9.17, 15) is 17.6 Å². The fourth-order valence-electron chi connectivity index (χ4n) is 2.33. The lowest BCUT2D eigenvalue weighted by Gasteiger charge is -2.24. The highest BCUT2D eigenvalue weighted by atomic mass is 32.2. The summed E-state index contributed by atoms with van der Waals surface area (Å²) in [6.07, 6.45) is 0.569. The highest BCUT2D eigenvalue weighted by molar-refractivity contribution is 7.86. The predicted molar refractivity (Wildman–Crippen MR) is 81.1 cm³/mol. The topological polar surface area (TPSA) is 60.9 Å². The molecule has 0 spiro atoms. The number of hydrogen-bond donors (Lipinski definition) is 0. The molecule has 6 nitrogen and oxygen atoms in total. The fourth-order valence-corrected chi connectivity index (χ4v) is 3.47. The van der Waals surface area contributed by atoms with Crippen LogP contribution in [0.5, 0.6) is 0 Å². The first-order valence-electron chi connectivity index (χ1n) is 7.05. The van der Waals surface area contributed by atoms with Gasteiger partial charge in [-0.15, -0.1) is 0 Å². The van der Waals surface area contributed by atoms with Crippen molar-refractivity contribution < 1.29 is 17.6 Å². The van der Waals surface area contributed by atoms with Gasteiger partial charge in [0, 0.05) is 45.8 Å². The van der Waals surface area contributed by atoms with Gasteiger partial charge in [-0.25, -0.2) is 4.39 Å². The van der Waals surface area contributed by atoms with E-state index in [-0.39, 0.29) is 12.5 Å². The van der Waals surface area contributed by atoms with E-state index in [1.165, 1.54) is 47.0 Å². The Hall–Kier alpha value is -1.51. The van der Waals surface area contributed by atoms with E-state index in [0.29, 0.717) is 31.6 Å². The molecule has 1 amide bonds. The van der Waals surface area contributed by atoms with Gasteiger partial charge in [-0.3, -0.25) is 4.79 Å². The maximum absolute atomic E-state index is 12.9.